The summed E-state index contributed by atoms with van der Waals surface area (Å²) >= 11 is 0. The van der Waals surface area contributed by atoms with E-state index in [1.54, 1.807) is 20.8 Å². The average molecular weight is 436 g/mol. The summed E-state index contributed by atoms with van der Waals surface area (Å²) in [7, 11) is 0. The first-order chi connectivity index (χ1) is 13.8. The number of ether oxygens (including phenoxy) is 4. The second-order valence-corrected chi connectivity index (χ2v) is 8.57. The van der Waals surface area contributed by atoms with Gasteiger partial charge in [0.05, 0.1) is 5.41 Å². The largest absolute Gasteiger partial charge is 0.457 e. The standard InChI is InChI=1S/C19H23F3O8/c1-4-17(2,3)15(25)28-7-11(23)27-8-12(24)29-13-9-5-10-14(13)30-16(26)18(10,6-9)19(20,21)22/h9-10,13-14H,4-8H2,1-3H3. The van der Waals surface area contributed by atoms with Gasteiger partial charge in [-0.05, 0) is 33.1 Å². The van der Waals surface area contributed by atoms with Crippen LogP contribution in [0.5, 0.6) is 0 Å². The number of hydrogen-bond acceptors (Lipinski definition) is 8. The molecular weight excluding hydrogens is 413 g/mol. The van der Waals surface area contributed by atoms with Crippen molar-refractivity contribution in [3.8, 4) is 0 Å². The van der Waals surface area contributed by atoms with Crippen LogP contribution in [0.25, 0.3) is 0 Å². The fourth-order valence-corrected chi connectivity index (χ4v) is 4.39. The maximum atomic E-state index is 13.5. The Morgan fingerprint density at radius 3 is 2.37 bits per heavy atom. The summed E-state index contributed by atoms with van der Waals surface area (Å²) in [6.45, 7) is 3.60. The summed E-state index contributed by atoms with van der Waals surface area (Å²) in [5, 5.41) is 0. The SMILES string of the molecule is CCC(C)(C)C(=O)OCC(=O)OCC(=O)OC1C2CC3C1OC(=O)C3(C(F)(F)F)C2. The Kier molecular flexibility index (Phi) is 5.53. The lowest BCUT2D eigenvalue weighted by Gasteiger charge is -2.33. The highest BCUT2D eigenvalue weighted by molar-refractivity contribution is 5.83. The Morgan fingerprint density at radius 2 is 1.77 bits per heavy atom. The van der Waals surface area contributed by atoms with Crippen LogP contribution >= 0.6 is 0 Å². The van der Waals surface area contributed by atoms with Gasteiger partial charge in [-0.2, -0.15) is 13.2 Å². The van der Waals surface area contributed by atoms with Gasteiger partial charge in [-0.25, -0.2) is 9.59 Å². The minimum absolute atomic E-state index is 0.0663. The lowest BCUT2D eigenvalue weighted by Crippen LogP contribution is -2.48. The van der Waals surface area contributed by atoms with E-state index >= 15 is 0 Å². The van der Waals surface area contributed by atoms with Crippen molar-refractivity contribution in [3.63, 3.8) is 0 Å². The molecule has 3 rings (SSSR count). The Morgan fingerprint density at radius 1 is 1.13 bits per heavy atom. The number of fused-ring (bicyclic) bond motifs is 1. The molecule has 0 N–H and O–H groups in total. The van der Waals surface area contributed by atoms with Gasteiger partial charge in [0.25, 0.3) is 0 Å². The van der Waals surface area contributed by atoms with Crippen LogP contribution in [0, 0.1) is 22.7 Å². The smallest absolute Gasteiger partial charge is 0.405 e. The van der Waals surface area contributed by atoms with Crippen molar-refractivity contribution < 1.29 is 51.3 Å². The van der Waals surface area contributed by atoms with Crippen LogP contribution in [0.15, 0.2) is 0 Å². The van der Waals surface area contributed by atoms with Crippen LogP contribution in [0.1, 0.15) is 40.0 Å². The van der Waals surface area contributed by atoms with E-state index in [9.17, 15) is 32.3 Å². The third kappa shape index (κ3) is 3.51. The van der Waals surface area contributed by atoms with Gasteiger partial charge in [0.2, 0.25) is 0 Å². The summed E-state index contributed by atoms with van der Waals surface area (Å²) in [5.41, 5.74) is -3.29. The zero-order valence-corrected chi connectivity index (χ0v) is 16.7. The third-order valence-electron chi connectivity index (χ3n) is 6.45. The minimum Gasteiger partial charge on any atom is -0.457 e. The Hall–Kier alpha value is -2.33. The van der Waals surface area contributed by atoms with E-state index in [2.05, 4.69) is 4.74 Å². The Labute approximate surface area is 170 Å². The van der Waals surface area contributed by atoms with Crippen molar-refractivity contribution in [3.05, 3.63) is 0 Å². The highest BCUT2D eigenvalue weighted by Crippen LogP contribution is 2.67. The summed E-state index contributed by atoms with van der Waals surface area (Å²) in [6, 6.07) is 0. The molecule has 2 aliphatic carbocycles. The van der Waals surface area contributed by atoms with Crippen LogP contribution < -0.4 is 0 Å². The van der Waals surface area contributed by atoms with Crippen LogP contribution in [0.3, 0.4) is 0 Å². The van der Waals surface area contributed by atoms with Gasteiger partial charge in [-0.3, -0.25) is 9.59 Å². The normalized spacial score (nSPS) is 32.0. The molecule has 0 aromatic heterocycles. The fourth-order valence-electron chi connectivity index (χ4n) is 4.39. The number of halogens is 3. The summed E-state index contributed by atoms with van der Waals surface area (Å²) < 4.78 is 60.0. The van der Waals surface area contributed by atoms with Crippen LogP contribution in [-0.4, -0.2) is 55.5 Å². The van der Waals surface area contributed by atoms with Crippen molar-refractivity contribution in [2.75, 3.05) is 13.2 Å². The average Bonchev–Trinajstić information content (AvgIpc) is 3.26. The van der Waals surface area contributed by atoms with Crippen LogP contribution in [0.4, 0.5) is 13.2 Å². The van der Waals surface area contributed by atoms with E-state index in [0.29, 0.717) is 6.42 Å². The predicted molar refractivity (Wildman–Crippen MR) is 90.5 cm³/mol. The molecule has 168 valence electrons. The zero-order chi connectivity index (χ0) is 22.5. The molecule has 0 spiro atoms. The van der Waals surface area contributed by atoms with Gasteiger partial charge in [0.15, 0.2) is 18.6 Å². The van der Waals surface area contributed by atoms with Crippen LogP contribution in [-0.2, 0) is 38.1 Å². The molecule has 2 saturated carbocycles. The summed E-state index contributed by atoms with van der Waals surface area (Å²) in [6.07, 6.45) is -6.82. The summed E-state index contributed by atoms with van der Waals surface area (Å²) in [4.78, 5) is 47.4. The van der Waals surface area contributed by atoms with Gasteiger partial charge in [0, 0.05) is 11.8 Å². The molecule has 5 atom stereocenters. The van der Waals surface area contributed by atoms with Gasteiger partial charge < -0.3 is 18.9 Å². The molecule has 8 nitrogen and oxygen atoms in total. The van der Waals surface area contributed by atoms with E-state index in [4.69, 9.17) is 14.2 Å². The lowest BCUT2D eigenvalue weighted by molar-refractivity contribution is -0.231. The highest BCUT2D eigenvalue weighted by Gasteiger charge is 2.80. The van der Waals surface area contributed by atoms with E-state index in [0.717, 1.165) is 0 Å². The molecule has 11 heteroatoms. The Balaban J connectivity index is 1.48. The van der Waals surface area contributed by atoms with Crippen LogP contribution in [0.2, 0.25) is 0 Å². The molecular formula is C19H23F3O8. The molecule has 1 aliphatic heterocycles. The van der Waals surface area contributed by atoms with Crippen molar-refractivity contribution in [2.24, 2.45) is 22.7 Å². The van der Waals surface area contributed by atoms with Crippen molar-refractivity contribution in [1.29, 1.82) is 0 Å². The van der Waals surface area contributed by atoms with E-state index in [-0.39, 0.29) is 6.42 Å². The monoisotopic (exact) mass is 436 g/mol. The van der Waals surface area contributed by atoms with Crippen molar-refractivity contribution >= 4 is 23.9 Å². The molecule has 0 radical (unpaired) electrons. The third-order valence-corrected chi connectivity index (χ3v) is 6.45. The molecule has 0 aromatic rings. The van der Waals surface area contributed by atoms with Crippen molar-refractivity contribution in [1.82, 2.24) is 0 Å². The number of esters is 4. The lowest BCUT2D eigenvalue weighted by atomic mass is 9.73. The topological polar surface area (TPSA) is 105 Å². The molecule has 2 bridgehead atoms. The molecule has 30 heavy (non-hydrogen) atoms. The molecule has 3 fully saturated rings. The number of carbonyl (C=O) groups excluding carboxylic acids is 4. The molecule has 3 aliphatic rings. The van der Waals surface area contributed by atoms with Gasteiger partial charge in [0.1, 0.15) is 12.2 Å². The second kappa shape index (κ2) is 7.42. The highest BCUT2D eigenvalue weighted by atomic mass is 19.4. The second-order valence-electron chi connectivity index (χ2n) is 8.57. The molecule has 1 saturated heterocycles. The number of rotatable bonds is 7. The summed E-state index contributed by atoms with van der Waals surface area (Å²) in [5.74, 6) is -5.62. The Bertz CT molecular complexity index is 761. The van der Waals surface area contributed by atoms with E-state index < -0.39 is 84.6 Å². The van der Waals surface area contributed by atoms with E-state index in [1.807, 2.05) is 0 Å². The molecule has 1 heterocycles. The maximum absolute atomic E-state index is 13.5. The maximum Gasteiger partial charge on any atom is 0.405 e. The zero-order valence-electron chi connectivity index (χ0n) is 16.7. The molecule has 0 amide bonds. The first kappa shape index (κ1) is 22.4. The molecule has 5 unspecified atom stereocenters. The fraction of sp³-hybridized carbons (Fsp3) is 0.789. The first-order valence-corrected chi connectivity index (χ1v) is 9.63. The molecule has 0 aromatic carbocycles. The number of carbonyl (C=O) groups is 4. The number of hydrogen-bond donors (Lipinski definition) is 0. The first-order valence-electron chi connectivity index (χ1n) is 9.63. The predicted octanol–water partition coefficient (Wildman–Crippen LogP) is 1.93. The van der Waals surface area contributed by atoms with E-state index in [1.165, 1.54) is 0 Å². The minimum atomic E-state index is -4.73. The quantitative estimate of drug-likeness (QED) is 0.440. The van der Waals surface area contributed by atoms with Gasteiger partial charge in [-0.15, -0.1) is 0 Å². The number of alkyl halides is 3. The van der Waals surface area contributed by atoms with Crippen molar-refractivity contribution in [2.45, 2.75) is 58.4 Å². The van der Waals surface area contributed by atoms with Gasteiger partial charge >= 0.3 is 30.1 Å². The van der Waals surface area contributed by atoms with Gasteiger partial charge in [-0.1, -0.05) is 6.92 Å².